The van der Waals surface area contributed by atoms with E-state index < -0.39 is 5.97 Å². The van der Waals surface area contributed by atoms with Gasteiger partial charge in [0.1, 0.15) is 5.58 Å². The molecule has 3 aromatic rings. The molecular weight excluding hydrogens is 268 g/mol. The van der Waals surface area contributed by atoms with Crippen molar-refractivity contribution < 1.29 is 13.9 Å². The van der Waals surface area contributed by atoms with Gasteiger partial charge in [0.25, 0.3) is 0 Å². The molecule has 0 saturated carbocycles. The average Bonchev–Trinajstić information content (AvgIpc) is 2.91. The minimum Gasteiger partial charge on any atom is -0.462 e. The Balaban J connectivity index is 1.99. The normalized spacial score (nSPS) is 10.8. The third-order valence-corrected chi connectivity index (χ3v) is 3.12. The van der Waals surface area contributed by atoms with Crippen molar-refractivity contribution in [1.29, 1.82) is 0 Å². The zero-order valence-corrected chi connectivity index (χ0v) is 11.8. The molecule has 0 aliphatic heterocycles. The maximum Gasteiger partial charge on any atom is 0.341 e. The van der Waals surface area contributed by atoms with Crippen molar-refractivity contribution in [2.75, 3.05) is 6.61 Å². The minimum atomic E-state index is -0.411. The molecular formula is C16H14N2O3. The fourth-order valence-corrected chi connectivity index (χ4v) is 2.09. The number of aromatic nitrogens is 2. The van der Waals surface area contributed by atoms with Gasteiger partial charge in [-0.2, -0.15) is 0 Å². The summed E-state index contributed by atoms with van der Waals surface area (Å²) in [4.78, 5) is 20.3. The molecule has 1 aromatic carbocycles. The fourth-order valence-electron chi connectivity index (χ4n) is 2.09. The van der Waals surface area contributed by atoms with Crippen molar-refractivity contribution in [2.45, 2.75) is 13.8 Å². The lowest BCUT2D eigenvalue weighted by molar-refractivity contribution is 0.0524. The number of esters is 1. The standard InChI is InChI=1S/C16H14N2O3/c1-3-20-16(19)12-9-17-15(18-10(12)2)14-8-11-6-4-5-7-13(11)21-14/h4-9H,3H2,1-2H3. The summed E-state index contributed by atoms with van der Waals surface area (Å²) in [6.45, 7) is 3.83. The number of aryl methyl sites for hydroxylation is 1. The van der Waals surface area contributed by atoms with Crippen LogP contribution in [0.2, 0.25) is 0 Å². The van der Waals surface area contributed by atoms with Crippen molar-refractivity contribution >= 4 is 16.9 Å². The molecule has 2 heterocycles. The van der Waals surface area contributed by atoms with Crippen molar-refractivity contribution in [2.24, 2.45) is 0 Å². The van der Waals surface area contributed by atoms with Crippen molar-refractivity contribution in [3.63, 3.8) is 0 Å². The summed E-state index contributed by atoms with van der Waals surface area (Å²) in [5.74, 6) is 0.623. The van der Waals surface area contributed by atoms with E-state index in [1.807, 2.05) is 30.3 Å². The largest absolute Gasteiger partial charge is 0.462 e. The highest BCUT2D eigenvalue weighted by atomic mass is 16.5. The Morgan fingerprint density at radius 3 is 2.86 bits per heavy atom. The summed E-state index contributed by atoms with van der Waals surface area (Å²) < 4.78 is 10.7. The summed E-state index contributed by atoms with van der Waals surface area (Å²) in [5.41, 5.74) is 1.72. The molecule has 2 aromatic heterocycles. The van der Waals surface area contributed by atoms with Crippen LogP contribution in [0.25, 0.3) is 22.6 Å². The number of ether oxygens (including phenoxy) is 1. The van der Waals surface area contributed by atoms with E-state index in [1.165, 1.54) is 6.20 Å². The third kappa shape index (κ3) is 2.50. The monoisotopic (exact) mass is 282 g/mol. The van der Waals surface area contributed by atoms with Gasteiger partial charge in [-0.1, -0.05) is 18.2 Å². The van der Waals surface area contributed by atoms with Crippen LogP contribution in [-0.4, -0.2) is 22.5 Å². The van der Waals surface area contributed by atoms with E-state index in [0.29, 0.717) is 29.4 Å². The topological polar surface area (TPSA) is 65.2 Å². The van der Waals surface area contributed by atoms with Gasteiger partial charge in [-0.3, -0.25) is 0 Å². The molecule has 0 N–H and O–H groups in total. The smallest absolute Gasteiger partial charge is 0.341 e. The molecule has 0 fully saturated rings. The number of carbonyl (C=O) groups is 1. The summed E-state index contributed by atoms with van der Waals surface area (Å²) in [6, 6.07) is 9.58. The number of hydrogen-bond acceptors (Lipinski definition) is 5. The van der Waals surface area contributed by atoms with Gasteiger partial charge in [0.2, 0.25) is 0 Å². The van der Waals surface area contributed by atoms with Crippen molar-refractivity contribution in [3.05, 3.63) is 47.8 Å². The molecule has 0 aliphatic carbocycles. The number of para-hydroxylation sites is 1. The van der Waals surface area contributed by atoms with Crippen LogP contribution in [-0.2, 0) is 4.74 Å². The fraction of sp³-hybridized carbons (Fsp3) is 0.188. The van der Waals surface area contributed by atoms with Crippen molar-refractivity contribution in [1.82, 2.24) is 9.97 Å². The molecule has 21 heavy (non-hydrogen) atoms. The molecule has 0 bridgehead atoms. The van der Waals surface area contributed by atoms with Crippen LogP contribution in [0.4, 0.5) is 0 Å². The van der Waals surface area contributed by atoms with Crippen LogP contribution < -0.4 is 0 Å². The van der Waals surface area contributed by atoms with E-state index >= 15 is 0 Å². The van der Waals surface area contributed by atoms with Gasteiger partial charge in [-0.15, -0.1) is 0 Å². The Morgan fingerprint density at radius 1 is 1.33 bits per heavy atom. The van der Waals surface area contributed by atoms with Gasteiger partial charge in [-0.05, 0) is 26.0 Å². The maximum absolute atomic E-state index is 11.7. The SMILES string of the molecule is CCOC(=O)c1cnc(-c2cc3ccccc3o2)nc1C. The van der Waals surface area contributed by atoms with Crippen LogP contribution in [0.15, 0.2) is 40.9 Å². The van der Waals surface area contributed by atoms with Gasteiger partial charge in [0.05, 0.1) is 17.9 Å². The lowest BCUT2D eigenvalue weighted by Crippen LogP contribution is -2.09. The number of hydrogen-bond donors (Lipinski definition) is 0. The molecule has 5 heteroatoms. The highest BCUT2D eigenvalue weighted by molar-refractivity contribution is 5.90. The van der Waals surface area contributed by atoms with Crippen LogP contribution in [0.1, 0.15) is 23.0 Å². The van der Waals surface area contributed by atoms with E-state index in [9.17, 15) is 4.79 Å². The predicted molar refractivity (Wildman–Crippen MR) is 77.9 cm³/mol. The molecule has 3 rings (SSSR count). The van der Waals surface area contributed by atoms with E-state index in [4.69, 9.17) is 9.15 Å². The number of carbonyl (C=O) groups excluding carboxylic acids is 1. The first kappa shape index (κ1) is 13.3. The molecule has 106 valence electrons. The number of fused-ring (bicyclic) bond motifs is 1. The first-order valence-electron chi connectivity index (χ1n) is 6.68. The average molecular weight is 282 g/mol. The van der Waals surface area contributed by atoms with Gasteiger partial charge in [-0.25, -0.2) is 14.8 Å². The second-order valence-corrected chi connectivity index (χ2v) is 4.56. The molecule has 0 unspecified atom stereocenters. The van der Waals surface area contributed by atoms with E-state index in [0.717, 1.165) is 11.0 Å². The Bertz CT molecular complexity index is 775. The molecule has 0 aliphatic rings. The summed E-state index contributed by atoms with van der Waals surface area (Å²) in [6.07, 6.45) is 1.48. The van der Waals surface area contributed by atoms with Gasteiger partial charge < -0.3 is 9.15 Å². The highest BCUT2D eigenvalue weighted by Gasteiger charge is 2.15. The summed E-state index contributed by atoms with van der Waals surface area (Å²) >= 11 is 0. The van der Waals surface area contributed by atoms with E-state index in [-0.39, 0.29) is 0 Å². The molecule has 5 nitrogen and oxygen atoms in total. The zero-order chi connectivity index (χ0) is 14.8. The lowest BCUT2D eigenvalue weighted by atomic mass is 10.2. The van der Waals surface area contributed by atoms with Crippen LogP contribution in [0, 0.1) is 6.92 Å². The van der Waals surface area contributed by atoms with Gasteiger partial charge in [0, 0.05) is 11.6 Å². The number of nitrogens with zero attached hydrogens (tertiary/aromatic N) is 2. The number of rotatable bonds is 3. The predicted octanol–water partition coefficient (Wildman–Crippen LogP) is 3.37. The lowest BCUT2D eigenvalue weighted by Gasteiger charge is -2.05. The maximum atomic E-state index is 11.7. The van der Waals surface area contributed by atoms with Gasteiger partial charge >= 0.3 is 5.97 Å². The summed E-state index contributed by atoms with van der Waals surface area (Å²) in [5, 5.41) is 0.989. The Labute approximate surface area is 121 Å². The number of furan rings is 1. The zero-order valence-electron chi connectivity index (χ0n) is 11.8. The molecule has 0 atom stereocenters. The third-order valence-electron chi connectivity index (χ3n) is 3.12. The van der Waals surface area contributed by atoms with Crippen LogP contribution in [0.3, 0.4) is 0 Å². The molecule has 0 radical (unpaired) electrons. The second kappa shape index (κ2) is 5.36. The molecule has 0 spiro atoms. The Morgan fingerprint density at radius 2 is 2.14 bits per heavy atom. The summed E-state index contributed by atoms with van der Waals surface area (Å²) in [7, 11) is 0. The Kier molecular flexibility index (Phi) is 3.39. The minimum absolute atomic E-state index is 0.323. The Hall–Kier alpha value is -2.69. The van der Waals surface area contributed by atoms with Crippen LogP contribution >= 0.6 is 0 Å². The van der Waals surface area contributed by atoms with E-state index in [2.05, 4.69) is 9.97 Å². The van der Waals surface area contributed by atoms with Gasteiger partial charge in [0.15, 0.2) is 11.6 Å². The quantitative estimate of drug-likeness (QED) is 0.689. The first-order valence-corrected chi connectivity index (χ1v) is 6.68. The highest BCUT2D eigenvalue weighted by Crippen LogP contribution is 2.25. The van der Waals surface area contributed by atoms with Crippen molar-refractivity contribution in [3.8, 4) is 11.6 Å². The van der Waals surface area contributed by atoms with Crippen LogP contribution in [0.5, 0.6) is 0 Å². The molecule has 0 amide bonds. The molecule has 0 saturated heterocycles. The second-order valence-electron chi connectivity index (χ2n) is 4.56. The first-order chi connectivity index (χ1) is 10.2. The number of benzene rings is 1. The van der Waals surface area contributed by atoms with E-state index in [1.54, 1.807) is 13.8 Å².